The summed E-state index contributed by atoms with van der Waals surface area (Å²) in [6.07, 6.45) is 8.52. The van der Waals surface area contributed by atoms with Crippen LogP contribution in [0.15, 0.2) is 30.6 Å². The number of hydrogen-bond donors (Lipinski definition) is 1. The second-order valence-electron chi connectivity index (χ2n) is 6.87. The van der Waals surface area contributed by atoms with Gasteiger partial charge in [0.1, 0.15) is 0 Å². The molecule has 3 heterocycles. The standard InChI is InChI=1S/C19H23N5O/c1-13-10-16(19(25)20-11-15-8-5-9-23(15)2)17-12-21-24(18(17)22-13)14-6-3-4-7-14/h5,8-10,12,14H,3-4,6-7,11H2,1-2H3,(H,20,25). The van der Waals surface area contributed by atoms with Gasteiger partial charge in [-0.3, -0.25) is 4.79 Å². The molecule has 0 atom stereocenters. The zero-order chi connectivity index (χ0) is 17.4. The molecule has 1 aliphatic carbocycles. The lowest BCUT2D eigenvalue weighted by atomic mass is 10.1. The lowest BCUT2D eigenvalue weighted by Crippen LogP contribution is -2.24. The number of aryl methyl sites for hydroxylation is 2. The average molecular weight is 337 g/mol. The lowest BCUT2D eigenvalue weighted by Gasteiger charge is -2.12. The number of rotatable bonds is 4. The smallest absolute Gasteiger partial charge is 0.252 e. The summed E-state index contributed by atoms with van der Waals surface area (Å²) < 4.78 is 4.02. The van der Waals surface area contributed by atoms with Gasteiger partial charge in [0.15, 0.2) is 5.65 Å². The first-order valence-corrected chi connectivity index (χ1v) is 8.87. The van der Waals surface area contributed by atoms with E-state index in [0.717, 1.165) is 35.3 Å². The highest BCUT2D eigenvalue weighted by molar-refractivity contribution is 6.05. The van der Waals surface area contributed by atoms with Gasteiger partial charge in [-0.2, -0.15) is 5.10 Å². The van der Waals surface area contributed by atoms with Crippen LogP contribution in [0.2, 0.25) is 0 Å². The summed E-state index contributed by atoms with van der Waals surface area (Å²) in [5.41, 5.74) is 3.39. The summed E-state index contributed by atoms with van der Waals surface area (Å²) in [5.74, 6) is -0.0809. The number of aromatic nitrogens is 4. The molecule has 130 valence electrons. The van der Waals surface area contributed by atoms with Gasteiger partial charge in [0.05, 0.1) is 29.7 Å². The van der Waals surface area contributed by atoms with E-state index in [1.54, 1.807) is 6.20 Å². The molecular weight excluding hydrogens is 314 g/mol. The van der Waals surface area contributed by atoms with Crippen molar-refractivity contribution in [3.05, 3.63) is 47.5 Å². The molecule has 1 saturated carbocycles. The van der Waals surface area contributed by atoms with Gasteiger partial charge >= 0.3 is 0 Å². The number of fused-ring (bicyclic) bond motifs is 1. The van der Waals surface area contributed by atoms with Gasteiger partial charge < -0.3 is 9.88 Å². The van der Waals surface area contributed by atoms with Crippen molar-refractivity contribution in [2.45, 2.75) is 45.2 Å². The van der Waals surface area contributed by atoms with Crippen molar-refractivity contribution in [3.8, 4) is 0 Å². The first kappa shape index (κ1) is 15.9. The zero-order valence-electron chi connectivity index (χ0n) is 14.7. The van der Waals surface area contributed by atoms with Crippen LogP contribution in [0.3, 0.4) is 0 Å². The molecule has 0 aromatic carbocycles. The van der Waals surface area contributed by atoms with E-state index in [4.69, 9.17) is 0 Å². The van der Waals surface area contributed by atoms with E-state index in [0.29, 0.717) is 18.2 Å². The van der Waals surface area contributed by atoms with Crippen LogP contribution in [0.25, 0.3) is 11.0 Å². The molecule has 6 heteroatoms. The van der Waals surface area contributed by atoms with Crippen molar-refractivity contribution in [2.24, 2.45) is 7.05 Å². The number of carbonyl (C=O) groups excluding carboxylic acids is 1. The van der Waals surface area contributed by atoms with Crippen LogP contribution in [-0.4, -0.2) is 25.2 Å². The normalized spacial score (nSPS) is 15.1. The highest BCUT2D eigenvalue weighted by Gasteiger charge is 2.22. The largest absolute Gasteiger partial charge is 0.353 e. The van der Waals surface area contributed by atoms with Crippen LogP contribution in [0.4, 0.5) is 0 Å². The molecule has 3 aromatic heterocycles. The Hall–Kier alpha value is -2.63. The van der Waals surface area contributed by atoms with E-state index in [1.807, 2.05) is 47.6 Å². The third kappa shape index (κ3) is 2.92. The Labute approximate surface area is 146 Å². The van der Waals surface area contributed by atoms with Crippen molar-refractivity contribution in [1.82, 2.24) is 24.6 Å². The number of pyridine rings is 1. The Balaban J connectivity index is 1.64. The third-order valence-electron chi connectivity index (χ3n) is 5.09. The summed E-state index contributed by atoms with van der Waals surface area (Å²) in [5, 5.41) is 8.41. The Morgan fingerprint density at radius 2 is 2.16 bits per heavy atom. The van der Waals surface area contributed by atoms with Crippen LogP contribution < -0.4 is 5.32 Å². The second-order valence-corrected chi connectivity index (χ2v) is 6.87. The van der Waals surface area contributed by atoms with E-state index < -0.39 is 0 Å². The van der Waals surface area contributed by atoms with E-state index in [1.165, 1.54) is 12.8 Å². The van der Waals surface area contributed by atoms with E-state index in [-0.39, 0.29) is 5.91 Å². The Bertz CT molecular complexity index is 917. The minimum absolute atomic E-state index is 0.0809. The van der Waals surface area contributed by atoms with Gasteiger partial charge in [-0.15, -0.1) is 0 Å². The lowest BCUT2D eigenvalue weighted by molar-refractivity contribution is 0.0951. The predicted octanol–water partition coefficient (Wildman–Crippen LogP) is 3.12. The summed E-state index contributed by atoms with van der Waals surface area (Å²) in [4.78, 5) is 17.4. The first-order chi connectivity index (χ1) is 12.1. The highest BCUT2D eigenvalue weighted by atomic mass is 16.1. The minimum atomic E-state index is -0.0809. The monoisotopic (exact) mass is 337 g/mol. The third-order valence-corrected chi connectivity index (χ3v) is 5.09. The fourth-order valence-corrected chi connectivity index (χ4v) is 3.69. The topological polar surface area (TPSA) is 64.7 Å². The van der Waals surface area contributed by atoms with Crippen molar-refractivity contribution in [1.29, 1.82) is 0 Å². The number of amides is 1. The molecule has 0 unspecified atom stereocenters. The van der Waals surface area contributed by atoms with Gasteiger partial charge in [0.25, 0.3) is 5.91 Å². The Morgan fingerprint density at radius 3 is 2.88 bits per heavy atom. The summed E-state index contributed by atoms with van der Waals surface area (Å²) in [7, 11) is 1.97. The molecule has 1 N–H and O–H groups in total. The molecule has 1 fully saturated rings. The van der Waals surface area contributed by atoms with Crippen LogP contribution in [0, 0.1) is 6.92 Å². The molecule has 25 heavy (non-hydrogen) atoms. The first-order valence-electron chi connectivity index (χ1n) is 8.87. The maximum Gasteiger partial charge on any atom is 0.252 e. The van der Waals surface area contributed by atoms with E-state index in [2.05, 4.69) is 15.4 Å². The predicted molar refractivity (Wildman–Crippen MR) is 96.4 cm³/mol. The van der Waals surface area contributed by atoms with Crippen molar-refractivity contribution < 1.29 is 4.79 Å². The van der Waals surface area contributed by atoms with Gasteiger partial charge in [0, 0.05) is 24.6 Å². The summed E-state index contributed by atoms with van der Waals surface area (Å²) in [6, 6.07) is 6.24. The highest BCUT2D eigenvalue weighted by Crippen LogP contribution is 2.31. The summed E-state index contributed by atoms with van der Waals surface area (Å²) in [6.45, 7) is 2.43. The van der Waals surface area contributed by atoms with Gasteiger partial charge in [0.2, 0.25) is 0 Å². The molecule has 0 bridgehead atoms. The van der Waals surface area contributed by atoms with Crippen LogP contribution in [-0.2, 0) is 13.6 Å². The number of nitrogens with one attached hydrogen (secondary N) is 1. The van der Waals surface area contributed by atoms with Gasteiger partial charge in [-0.25, -0.2) is 9.67 Å². The van der Waals surface area contributed by atoms with Crippen molar-refractivity contribution in [3.63, 3.8) is 0 Å². The minimum Gasteiger partial charge on any atom is -0.353 e. The fraction of sp³-hybridized carbons (Fsp3) is 0.421. The molecule has 0 radical (unpaired) electrons. The van der Waals surface area contributed by atoms with Crippen molar-refractivity contribution >= 4 is 16.9 Å². The number of carbonyl (C=O) groups is 1. The van der Waals surface area contributed by atoms with Crippen LogP contribution in [0.5, 0.6) is 0 Å². The van der Waals surface area contributed by atoms with E-state index in [9.17, 15) is 4.79 Å². The number of nitrogens with zero attached hydrogens (tertiary/aromatic N) is 4. The Morgan fingerprint density at radius 1 is 1.36 bits per heavy atom. The maximum absolute atomic E-state index is 12.8. The molecule has 0 spiro atoms. The molecule has 4 rings (SSSR count). The maximum atomic E-state index is 12.8. The quantitative estimate of drug-likeness (QED) is 0.795. The molecule has 0 aliphatic heterocycles. The molecule has 6 nitrogen and oxygen atoms in total. The van der Waals surface area contributed by atoms with Crippen molar-refractivity contribution in [2.75, 3.05) is 0 Å². The van der Waals surface area contributed by atoms with E-state index >= 15 is 0 Å². The Kier molecular flexibility index (Phi) is 4.03. The molecule has 1 aliphatic rings. The summed E-state index contributed by atoms with van der Waals surface area (Å²) >= 11 is 0. The van der Waals surface area contributed by atoms with Gasteiger partial charge in [-0.05, 0) is 38.0 Å². The molecular formula is C19H23N5O. The second kappa shape index (κ2) is 6.35. The average Bonchev–Trinajstić information content (AvgIpc) is 3.32. The molecule has 3 aromatic rings. The molecule has 0 saturated heterocycles. The van der Waals surface area contributed by atoms with Crippen LogP contribution >= 0.6 is 0 Å². The number of hydrogen-bond acceptors (Lipinski definition) is 3. The molecule has 1 amide bonds. The zero-order valence-corrected chi connectivity index (χ0v) is 14.7. The fourth-order valence-electron chi connectivity index (χ4n) is 3.69. The SMILES string of the molecule is Cc1cc(C(=O)NCc2cccn2C)c2cnn(C3CCCC3)c2n1. The van der Waals surface area contributed by atoms with Gasteiger partial charge in [-0.1, -0.05) is 12.8 Å². The van der Waals surface area contributed by atoms with Crippen LogP contribution in [0.1, 0.15) is 53.5 Å².